The molecule has 4 rings (SSSR count). The van der Waals surface area contributed by atoms with Gasteiger partial charge < -0.3 is 9.30 Å². The Labute approximate surface area is 120 Å². The summed E-state index contributed by atoms with van der Waals surface area (Å²) >= 11 is 12.2. The van der Waals surface area contributed by atoms with Crippen LogP contribution in [-0.4, -0.2) is 17.3 Å². The summed E-state index contributed by atoms with van der Waals surface area (Å²) in [5.74, 6) is 0. The molecule has 2 aromatic carbocycles. The Morgan fingerprint density at radius 3 is 2.00 bits per heavy atom. The van der Waals surface area contributed by atoms with Gasteiger partial charge in [0.15, 0.2) is 0 Å². The molecular formula is C15H11Cl2NO. The minimum absolute atomic E-state index is 0.338. The Bertz CT molecular complexity index is 730. The highest BCUT2D eigenvalue weighted by atomic mass is 35.5. The van der Waals surface area contributed by atoms with Crippen LogP contribution in [0.4, 0.5) is 0 Å². The van der Waals surface area contributed by atoms with Gasteiger partial charge in [-0.05, 0) is 36.4 Å². The van der Waals surface area contributed by atoms with Crippen LogP contribution in [0.1, 0.15) is 0 Å². The van der Waals surface area contributed by atoms with Crippen LogP contribution in [0.2, 0.25) is 10.0 Å². The van der Waals surface area contributed by atoms with Gasteiger partial charge in [0.25, 0.3) is 0 Å². The molecule has 2 heterocycles. The number of hydrogen-bond donors (Lipinski definition) is 0. The minimum Gasteiger partial charge on any atom is -0.371 e. The highest BCUT2D eigenvalue weighted by Crippen LogP contribution is 2.33. The van der Waals surface area contributed by atoms with Crippen molar-refractivity contribution < 1.29 is 4.74 Å². The number of rotatable bonds is 2. The first kappa shape index (κ1) is 11.6. The van der Waals surface area contributed by atoms with Gasteiger partial charge in [-0.15, -0.1) is 0 Å². The van der Waals surface area contributed by atoms with E-state index in [0.717, 1.165) is 34.0 Å². The summed E-state index contributed by atoms with van der Waals surface area (Å²) in [6.07, 6.45) is 0.338. The van der Waals surface area contributed by atoms with Crippen molar-refractivity contribution >= 4 is 45.0 Å². The molecule has 0 saturated carbocycles. The van der Waals surface area contributed by atoms with E-state index >= 15 is 0 Å². The molecule has 0 radical (unpaired) electrons. The predicted molar refractivity (Wildman–Crippen MR) is 79.2 cm³/mol. The first-order valence-electron chi connectivity index (χ1n) is 6.21. The van der Waals surface area contributed by atoms with Crippen molar-refractivity contribution in [3.63, 3.8) is 0 Å². The Morgan fingerprint density at radius 1 is 1.00 bits per heavy atom. The fourth-order valence-corrected chi connectivity index (χ4v) is 2.97. The van der Waals surface area contributed by atoms with Gasteiger partial charge in [-0.2, -0.15) is 0 Å². The Balaban J connectivity index is 2.09. The van der Waals surface area contributed by atoms with E-state index in [-0.39, 0.29) is 0 Å². The average molecular weight is 292 g/mol. The van der Waals surface area contributed by atoms with Gasteiger partial charge in [-0.3, -0.25) is 0 Å². The maximum absolute atomic E-state index is 6.12. The molecule has 0 spiro atoms. The van der Waals surface area contributed by atoms with Gasteiger partial charge in [-0.25, -0.2) is 0 Å². The second-order valence-electron chi connectivity index (χ2n) is 4.89. The number of fused-ring (bicyclic) bond motifs is 3. The quantitative estimate of drug-likeness (QED) is 0.636. The van der Waals surface area contributed by atoms with Crippen LogP contribution in [0.25, 0.3) is 21.8 Å². The standard InChI is InChI=1S/C15H11Cl2NO/c16-9-1-3-14-12(5-9)13-6-10(17)2-4-15(13)18(14)7-11-8-19-11/h1-6,11H,7-8H2/t11-/m1/s1. The SMILES string of the molecule is Clc1ccc2c(c1)c1cc(Cl)ccc1n2C[C@@H]1CO1. The molecule has 1 aliphatic rings. The normalized spacial score (nSPS) is 18.3. The lowest BCUT2D eigenvalue weighted by Crippen LogP contribution is -2.03. The first-order valence-corrected chi connectivity index (χ1v) is 6.96. The van der Waals surface area contributed by atoms with Crippen LogP contribution in [0.3, 0.4) is 0 Å². The number of epoxide rings is 1. The lowest BCUT2D eigenvalue weighted by molar-refractivity contribution is 0.387. The maximum atomic E-state index is 6.12. The van der Waals surface area contributed by atoms with Gasteiger partial charge in [-0.1, -0.05) is 23.2 Å². The van der Waals surface area contributed by atoms with Gasteiger partial charge in [0.1, 0.15) is 0 Å². The molecule has 0 unspecified atom stereocenters. The fourth-order valence-electron chi connectivity index (χ4n) is 2.62. The van der Waals surface area contributed by atoms with Crippen LogP contribution in [0.5, 0.6) is 0 Å². The third kappa shape index (κ3) is 1.91. The van der Waals surface area contributed by atoms with Crippen LogP contribution < -0.4 is 0 Å². The van der Waals surface area contributed by atoms with Crippen LogP contribution >= 0.6 is 23.2 Å². The Hall–Kier alpha value is -1.22. The van der Waals surface area contributed by atoms with Crippen molar-refractivity contribution in [2.45, 2.75) is 12.6 Å². The molecular weight excluding hydrogens is 281 g/mol. The van der Waals surface area contributed by atoms with E-state index < -0.39 is 0 Å². The first-order chi connectivity index (χ1) is 9.22. The molecule has 0 bridgehead atoms. The van der Waals surface area contributed by atoms with Crippen LogP contribution in [0.15, 0.2) is 36.4 Å². The largest absolute Gasteiger partial charge is 0.371 e. The molecule has 1 atom stereocenters. The van der Waals surface area contributed by atoms with Crippen molar-refractivity contribution in [3.8, 4) is 0 Å². The highest BCUT2D eigenvalue weighted by Gasteiger charge is 2.24. The van der Waals surface area contributed by atoms with Crippen molar-refractivity contribution in [2.24, 2.45) is 0 Å². The number of benzene rings is 2. The highest BCUT2D eigenvalue weighted by molar-refractivity contribution is 6.33. The smallest absolute Gasteiger partial charge is 0.0988 e. The Morgan fingerprint density at radius 2 is 1.53 bits per heavy atom. The zero-order chi connectivity index (χ0) is 13.0. The van der Waals surface area contributed by atoms with E-state index in [4.69, 9.17) is 27.9 Å². The third-order valence-corrected chi connectivity index (χ3v) is 4.05. The summed E-state index contributed by atoms with van der Waals surface area (Å²) in [4.78, 5) is 0. The van der Waals surface area contributed by atoms with Gasteiger partial charge in [0.05, 0.1) is 19.3 Å². The lowest BCUT2D eigenvalue weighted by atomic mass is 10.1. The molecule has 2 nitrogen and oxygen atoms in total. The summed E-state index contributed by atoms with van der Waals surface area (Å²) in [6.45, 7) is 1.73. The summed E-state index contributed by atoms with van der Waals surface area (Å²) in [6, 6.07) is 12.0. The molecule has 96 valence electrons. The minimum atomic E-state index is 0.338. The van der Waals surface area contributed by atoms with Crippen molar-refractivity contribution in [1.82, 2.24) is 4.57 Å². The number of halogens is 2. The van der Waals surface area contributed by atoms with Crippen LogP contribution in [0, 0.1) is 0 Å². The second-order valence-corrected chi connectivity index (χ2v) is 5.76. The van der Waals surface area contributed by atoms with Gasteiger partial charge >= 0.3 is 0 Å². The zero-order valence-electron chi connectivity index (χ0n) is 10.1. The average Bonchev–Trinajstić information content (AvgIpc) is 3.16. The topological polar surface area (TPSA) is 17.5 Å². The molecule has 1 fully saturated rings. The summed E-state index contributed by atoms with van der Waals surface area (Å²) < 4.78 is 7.64. The van der Waals surface area contributed by atoms with Crippen LogP contribution in [-0.2, 0) is 11.3 Å². The number of hydrogen-bond acceptors (Lipinski definition) is 1. The lowest BCUT2D eigenvalue weighted by Gasteiger charge is -2.04. The van der Waals surface area contributed by atoms with Crippen molar-refractivity contribution in [2.75, 3.05) is 6.61 Å². The van der Waals surface area contributed by atoms with Gasteiger partial charge in [0.2, 0.25) is 0 Å². The molecule has 0 aliphatic carbocycles. The zero-order valence-corrected chi connectivity index (χ0v) is 11.6. The molecule has 0 amide bonds. The molecule has 3 aromatic rings. The molecule has 1 saturated heterocycles. The Kier molecular flexibility index (Phi) is 2.52. The fraction of sp³-hybridized carbons (Fsp3) is 0.200. The number of aromatic nitrogens is 1. The number of nitrogens with zero attached hydrogens (tertiary/aromatic N) is 1. The van der Waals surface area contributed by atoms with Gasteiger partial charge in [0, 0.05) is 31.9 Å². The summed E-state index contributed by atoms with van der Waals surface area (Å²) in [5, 5.41) is 3.78. The molecule has 1 aromatic heterocycles. The van der Waals surface area contributed by atoms with E-state index in [1.165, 1.54) is 11.0 Å². The predicted octanol–water partition coefficient (Wildman–Crippen LogP) is 4.50. The van der Waals surface area contributed by atoms with E-state index in [1.807, 2.05) is 24.3 Å². The van der Waals surface area contributed by atoms with Crippen molar-refractivity contribution in [3.05, 3.63) is 46.4 Å². The summed E-state index contributed by atoms with van der Waals surface area (Å²) in [7, 11) is 0. The van der Waals surface area contributed by atoms with Crippen molar-refractivity contribution in [1.29, 1.82) is 0 Å². The molecule has 0 N–H and O–H groups in total. The van der Waals surface area contributed by atoms with E-state index in [9.17, 15) is 0 Å². The molecule has 4 heteroatoms. The molecule has 1 aliphatic heterocycles. The third-order valence-electron chi connectivity index (χ3n) is 3.58. The second kappa shape index (κ2) is 4.14. The maximum Gasteiger partial charge on any atom is 0.0988 e. The number of ether oxygens (including phenoxy) is 1. The molecule has 19 heavy (non-hydrogen) atoms. The monoisotopic (exact) mass is 291 g/mol. The summed E-state index contributed by atoms with van der Waals surface area (Å²) in [5.41, 5.74) is 2.36. The van der Waals surface area contributed by atoms with E-state index in [2.05, 4.69) is 16.7 Å². The van der Waals surface area contributed by atoms with E-state index in [1.54, 1.807) is 0 Å². The van der Waals surface area contributed by atoms with E-state index in [0.29, 0.717) is 6.10 Å².